The van der Waals surface area contributed by atoms with Crippen molar-refractivity contribution in [3.63, 3.8) is 0 Å². The molecular formula is C14H17N3O. The van der Waals surface area contributed by atoms with Crippen LogP contribution >= 0.6 is 0 Å². The molecular weight excluding hydrogens is 226 g/mol. The Morgan fingerprint density at radius 1 is 1.06 bits per heavy atom. The van der Waals surface area contributed by atoms with Gasteiger partial charge in [0, 0.05) is 6.42 Å². The number of hydrogen-bond acceptors (Lipinski definition) is 4. The van der Waals surface area contributed by atoms with Crippen LogP contribution in [0.1, 0.15) is 17.8 Å². The summed E-state index contributed by atoms with van der Waals surface area (Å²) in [6, 6.07) is 7.87. The van der Waals surface area contributed by atoms with Gasteiger partial charge in [-0.1, -0.05) is 17.7 Å². The average molecular weight is 243 g/mol. The van der Waals surface area contributed by atoms with E-state index in [2.05, 4.69) is 9.97 Å². The maximum atomic E-state index is 5.64. The van der Waals surface area contributed by atoms with E-state index < -0.39 is 0 Å². The maximum absolute atomic E-state index is 5.64. The van der Waals surface area contributed by atoms with Crippen molar-refractivity contribution in [2.75, 3.05) is 6.54 Å². The Morgan fingerprint density at radius 2 is 1.72 bits per heavy atom. The molecule has 0 radical (unpaired) electrons. The summed E-state index contributed by atoms with van der Waals surface area (Å²) in [5, 5.41) is 0. The fourth-order valence-corrected chi connectivity index (χ4v) is 1.53. The van der Waals surface area contributed by atoms with Gasteiger partial charge < -0.3 is 10.5 Å². The molecule has 0 aliphatic carbocycles. The minimum atomic E-state index is 0.648. The number of nitrogens with zero attached hydrogens (tertiary/aromatic N) is 2. The van der Waals surface area contributed by atoms with Crippen LogP contribution in [0, 0.1) is 6.92 Å². The summed E-state index contributed by atoms with van der Waals surface area (Å²) < 4.78 is 5.64. The van der Waals surface area contributed by atoms with Gasteiger partial charge in [0.05, 0.1) is 12.4 Å². The van der Waals surface area contributed by atoms with Crippen molar-refractivity contribution >= 4 is 0 Å². The van der Waals surface area contributed by atoms with Gasteiger partial charge in [-0.15, -0.1) is 0 Å². The largest absolute Gasteiger partial charge is 0.454 e. The van der Waals surface area contributed by atoms with Crippen molar-refractivity contribution in [1.29, 1.82) is 0 Å². The summed E-state index contributed by atoms with van der Waals surface area (Å²) in [5.41, 5.74) is 6.64. The Bertz CT molecular complexity index is 479. The second kappa shape index (κ2) is 6.12. The number of aromatic nitrogens is 2. The third kappa shape index (κ3) is 3.53. The van der Waals surface area contributed by atoms with Crippen LogP contribution in [0.3, 0.4) is 0 Å². The summed E-state index contributed by atoms with van der Waals surface area (Å²) in [5.74, 6) is 2.24. The SMILES string of the molecule is Cc1ccc(Oc2cnc(CCCN)nc2)cc1. The minimum Gasteiger partial charge on any atom is -0.454 e. The van der Waals surface area contributed by atoms with Crippen LogP contribution in [0.25, 0.3) is 0 Å². The van der Waals surface area contributed by atoms with Crippen LogP contribution in [0.4, 0.5) is 0 Å². The molecule has 0 bridgehead atoms. The third-order valence-electron chi connectivity index (χ3n) is 2.54. The zero-order valence-electron chi connectivity index (χ0n) is 10.5. The highest BCUT2D eigenvalue weighted by molar-refractivity contribution is 5.30. The molecule has 2 rings (SSSR count). The van der Waals surface area contributed by atoms with Crippen molar-refractivity contribution in [3.05, 3.63) is 48.0 Å². The average Bonchev–Trinajstić information content (AvgIpc) is 2.41. The molecule has 2 aromatic rings. The first-order valence-electron chi connectivity index (χ1n) is 6.03. The Morgan fingerprint density at radius 3 is 2.33 bits per heavy atom. The Hall–Kier alpha value is -1.94. The minimum absolute atomic E-state index is 0.648. The Labute approximate surface area is 107 Å². The summed E-state index contributed by atoms with van der Waals surface area (Å²) in [6.45, 7) is 2.70. The molecule has 1 aromatic heterocycles. The highest BCUT2D eigenvalue weighted by Gasteiger charge is 2.00. The van der Waals surface area contributed by atoms with Gasteiger partial charge in [-0.05, 0) is 32.0 Å². The van der Waals surface area contributed by atoms with E-state index in [0.717, 1.165) is 24.4 Å². The fraction of sp³-hybridized carbons (Fsp3) is 0.286. The van der Waals surface area contributed by atoms with Crippen LogP contribution < -0.4 is 10.5 Å². The summed E-state index contributed by atoms with van der Waals surface area (Å²) in [6.07, 6.45) is 5.09. The van der Waals surface area contributed by atoms with Gasteiger partial charge in [0.25, 0.3) is 0 Å². The molecule has 1 heterocycles. The number of ether oxygens (including phenoxy) is 1. The molecule has 2 N–H and O–H groups in total. The lowest BCUT2D eigenvalue weighted by Gasteiger charge is -2.05. The number of aryl methyl sites for hydroxylation is 2. The van der Waals surface area contributed by atoms with Crippen molar-refractivity contribution in [2.24, 2.45) is 5.73 Å². The van der Waals surface area contributed by atoms with Crippen LogP contribution in [-0.4, -0.2) is 16.5 Å². The standard InChI is InChI=1S/C14H17N3O/c1-11-4-6-12(7-5-11)18-13-9-16-14(17-10-13)3-2-8-15/h4-7,9-10H,2-3,8,15H2,1H3. The molecule has 0 aliphatic rings. The Balaban J connectivity index is 1.99. The molecule has 4 heteroatoms. The molecule has 0 aliphatic heterocycles. The van der Waals surface area contributed by atoms with Gasteiger partial charge in [-0.25, -0.2) is 9.97 Å². The second-order valence-electron chi connectivity index (χ2n) is 4.14. The molecule has 94 valence electrons. The van der Waals surface area contributed by atoms with E-state index >= 15 is 0 Å². The zero-order valence-corrected chi connectivity index (χ0v) is 10.5. The molecule has 0 fully saturated rings. The normalized spacial score (nSPS) is 10.3. The predicted molar refractivity (Wildman–Crippen MR) is 70.7 cm³/mol. The molecule has 0 unspecified atom stereocenters. The molecule has 0 saturated carbocycles. The van der Waals surface area contributed by atoms with Gasteiger partial charge >= 0.3 is 0 Å². The lowest BCUT2D eigenvalue weighted by atomic mass is 10.2. The maximum Gasteiger partial charge on any atom is 0.164 e. The molecule has 1 aromatic carbocycles. The van der Waals surface area contributed by atoms with Crippen LogP contribution in [0.15, 0.2) is 36.7 Å². The molecule has 0 spiro atoms. The third-order valence-corrected chi connectivity index (χ3v) is 2.54. The van der Waals surface area contributed by atoms with E-state index in [-0.39, 0.29) is 0 Å². The molecule has 18 heavy (non-hydrogen) atoms. The van der Waals surface area contributed by atoms with Crippen molar-refractivity contribution < 1.29 is 4.74 Å². The van der Waals surface area contributed by atoms with Gasteiger partial charge in [-0.3, -0.25) is 0 Å². The summed E-state index contributed by atoms with van der Waals surface area (Å²) in [4.78, 5) is 8.48. The highest BCUT2D eigenvalue weighted by atomic mass is 16.5. The smallest absolute Gasteiger partial charge is 0.164 e. The number of benzene rings is 1. The first kappa shape index (κ1) is 12.5. The number of rotatable bonds is 5. The molecule has 0 saturated heterocycles. The van der Waals surface area contributed by atoms with E-state index in [1.165, 1.54) is 5.56 Å². The molecule has 4 nitrogen and oxygen atoms in total. The number of nitrogens with two attached hydrogens (primary N) is 1. The van der Waals surface area contributed by atoms with E-state index in [1.807, 2.05) is 31.2 Å². The predicted octanol–water partition coefficient (Wildman–Crippen LogP) is 2.47. The van der Waals surface area contributed by atoms with E-state index in [4.69, 9.17) is 10.5 Å². The lowest BCUT2D eigenvalue weighted by Crippen LogP contribution is -2.03. The number of hydrogen-bond donors (Lipinski definition) is 1. The Kier molecular flexibility index (Phi) is 4.25. The second-order valence-corrected chi connectivity index (χ2v) is 4.14. The van der Waals surface area contributed by atoms with E-state index in [0.29, 0.717) is 12.3 Å². The fourth-order valence-electron chi connectivity index (χ4n) is 1.53. The van der Waals surface area contributed by atoms with Crippen molar-refractivity contribution in [2.45, 2.75) is 19.8 Å². The van der Waals surface area contributed by atoms with Crippen molar-refractivity contribution in [1.82, 2.24) is 9.97 Å². The van der Waals surface area contributed by atoms with Gasteiger partial charge in [0.15, 0.2) is 5.75 Å². The van der Waals surface area contributed by atoms with E-state index in [1.54, 1.807) is 12.4 Å². The lowest BCUT2D eigenvalue weighted by molar-refractivity contribution is 0.476. The first-order chi connectivity index (χ1) is 8.78. The molecule has 0 amide bonds. The van der Waals surface area contributed by atoms with Crippen LogP contribution in [-0.2, 0) is 6.42 Å². The first-order valence-corrected chi connectivity index (χ1v) is 6.03. The van der Waals surface area contributed by atoms with E-state index in [9.17, 15) is 0 Å². The van der Waals surface area contributed by atoms with Crippen LogP contribution in [0.5, 0.6) is 11.5 Å². The molecule has 0 atom stereocenters. The van der Waals surface area contributed by atoms with Gasteiger partial charge in [0.2, 0.25) is 0 Å². The highest BCUT2D eigenvalue weighted by Crippen LogP contribution is 2.19. The van der Waals surface area contributed by atoms with Crippen LogP contribution in [0.2, 0.25) is 0 Å². The van der Waals surface area contributed by atoms with Crippen molar-refractivity contribution in [3.8, 4) is 11.5 Å². The van der Waals surface area contributed by atoms with Gasteiger partial charge in [0.1, 0.15) is 11.6 Å². The quantitative estimate of drug-likeness (QED) is 0.876. The zero-order chi connectivity index (χ0) is 12.8. The topological polar surface area (TPSA) is 61.0 Å². The summed E-state index contributed by atoms with van der Waals surface area (Å²) >= 11 is 0. The summed E-state index contributed by atoms with van der Waals surface area (Å²) in [7, 11) is 0. The monoisotopic (exact) mass is 243 g/mol. The van der Waals surface area contributed by atoms with Gasteiger partial charge in [-0.2, -0.15) is 0 Å².